The minimum absolute atomic E-state index is 0.345. The van der Waals surface area contributed by atoms with Crippen LogP contribution in [0.2, 0.25) is 0 Å². The summed E-state index contributed by atoms with van der Waals surface area (Å²) in [5, 5.41) is 4.60. The molecule has 0 radical (unpaired) electrons. The molecule has 20 heavy (non-hydrogen) atoms. The normalized spacial score (nSPS) is 10.7. The summed E-state index contributed by atoms with van der Waals surface area (Å²) in [5.41, 5.74) is 4.30. The predicted molar refractivity (Wildman–Crippen MR) is 78.3 cm³/mol. The molecule has 0 amide bonds. The quantitative estimate of drug-likeness (QED) is 0.520. The van der Waals surface area contributed by atoms with Crippen LogP contribution in [-0.2, 0) is 4.74 Å². The van der Waals surface area contributed by atoms with E-state index in [-0.39, 0.29) is 5.97 Å². The van der Waals surface area contributed by atoms with Gasteiger partial charge >= 0.3 is 5.97 Å². The molecule has 0 bridgehead atoms. The van der Waals surface area contributed by atoms with Gasteiger partial charge in [0.25, 0.3) is 0 Å². The lowest BCUT2D eigenvalue weighted by molar-refractivity contribution is 0.0531. The number of hydrogen-bond donors (Lipinski definition) is 1. The van der Waals surface area contributed by atoms with E-state index in [0.717, 1.165) is 5.56 Å². The third-order valence-electron chi connectivity index (χ3n) is 2.32. The van der Waals surface area contributed by atoms with E-state index >= 15 is 0 Å². The van der Waals surface area contributed by atoms with Crippen LogP contribution in [0.15, 0.2) is 29.6 Å². The third-order valence-corrected chi connectivity index (χ3v) is 3.36. The summed E-state index contributed by atoms with van der Waals surface area (Å²) in [6, 6.07) is 3.71. The Morgan fingerprint density at radius 2 is 2.45 bits per heavy atom. The molecule has 0 fully saturated rings. The molecule has 0 saturated heterocycles. The van der Waals surface area contributed by atoms with Crippen molar-refractivity contribution in [2.45, 2.75) is 13.8 Å². The van der Waals surface area contributed by atoms with Gasteiger partial charge < -0.3 is 4.74 Å². The summed E-state index contributed by atoms with van der Waals surface area (Å²) in [4.78, 5) is 20.3. The molecule has 0 unspecified atom stereocenters. The highest BCUT2D eigenvalue weighted by molar-refractivity contribution is 7.17. The van der Waals surface area contributed by atoms with Gasteiger partial charge in [0.2, 0.25) is 5.13 Å². The van der Waals surface area contributed by atoms with Crippen LogP contribution in [0.25, 0.3) is 0 Å². The van der Waals surface area contributed by atoms with Crippen molar-refractivity contribution in [3.63, 3.8) is 0 Å². The predicted octanol–water partition coefficient (Wildman–Crippen LogP) is 2.47. The Balaban J connectivity index is 2.02. The first-order valence-electron chi connectivity index (χ1n) is 6.04. The molecule has 0 aliphatic rings. The number of aromatic nitrogens is 2. The van der Waals surface area contributed by atoms with Gasteiger partial charge in [-0.05, 0) is 19.9 Å². The summed E-state index contributed by atoms with van der Waals surface area (Å²) < 4.78 is 4.95. The lowest BCUT2D eigenvalue weighted by Crippen LogP contribution is -2.03. The molecular formula is C13H14N4O2S. The molecule has 2 aromatic heterocycles. The number of hydrogen-bond acceptors (Lipinski definition) is 7. The zero-order valence-corrected chi connectivity index (χ0v) is 12.0. The van der Waals surface area contributed by atoms with Gasteiger partial charge in [0.05, 0.1) is 18.5 Å². The summed E-state index contributed by atoms with van der Waals surface area (Å²) in [6.07, 6.45) is 5.02. The second-order valence-corrected chi connectivity index (χ2v) is 4.81. The number of ether oxygens (including phenoxy) is 1. The van der Waals surface area contributed by atoms with Gasteiger partial charge in [-0.15, -0.1) is 0 Å². The van der Waals surface area contributed by atoms with E-state index in [0.29, 0.717) is 22.3 Å². The Kier molecular flexibility index (Phi) is 4.78. The number of nitrogens with one attached hydrogen (secondary N) is 1. The van der Waals surface area contributed by atoms with Crippen LogP contribution in [0, 0.1) is 6.92 Å². The van der Waals surface area contributed by atoms with Gasteiger partial charge in [0.15, 0.2) is 0 Å². The number of hydrazone groups is 1. The van der Waals surface area contributed by atoms with Crippen LogP contribution in [0.5, 0.6) is 0 Å². The molecule has 7 heteroatoms. The van der Waals surface area contributed by atoms with Crippen molar-refractivity contribution in [2.24, 2.45) is 5.10 Å². The van der Waals surface area contributed by atoms with Gasteiger partial charge in [0.1, 0.15) is 4.88 Å². The van der Waals surface area contributed by atoms with Crippen molar-refractivity contribution in [3.8, 4) is 0 Å². The number of anilines is 1. The fourth-order valence-electron chi connectivity index (χ4n) is 1.44. The number of carbonyl (C=O) groups is 1. The average Bonchev–Trinajstić information content (AvgIpc) is 2.81. The molecule has 0 atom stereocenters. The van der Waals surface area contributed by atoms with Gasteiger partial charge in [-0.2, -0.15) is 5.10 Å². The highest BCUT2D eigenvalue weighted by Gasteiger charge is 2.15. The standard InChI is InChI=1S/C13H14N4O2S/c1-3-19-12(18)11-9(2)16-13(20-11)17-15-8-10-5-4-6-14-7-10/h4-8H,3H2,1-2H3,(H,16,17). The van der Waals surface area contributed by atoms with Gasteiger partial charge in [-0.3, -0.25) is 10.4 Å². The van der Waals surface area contributed by atoms with Crippen molar-refractivity contribution in [1.82, 2.24) is 9.97 Å². The molecule has 2 heterocycles. The Hall–Kier alpha value is -2.28. The van der Waals surface area contributed by atoms with Crippen molar-refractivity contribution in [1.29, 1.82) is 0 Å². The number of thiazole rings is 1. The number of esters is 1. The van der Waals surface area contributed by atoms with Gasteiger partial charge in [0, 0.05) is 18.0 Å². The molecular weight excluding hydrogens is 276 g/mol. The van der Waals surface area contributed by atoms with E-state index < -0.39 is 0 Å². The highest BCUT2D eigenvalue weighted by Crippen LogP contribution is 2.23. The molecule has 0 aliphatic heterocycles. The first-order chi connectivity index (χ1) is 9.70. The second-order valence-electron chi connectivity index (χ2n) is 3.81. The van der Waals surface area contributed by atoms with Gasteiger partial charge in [-0.1, -0.05) is 17.4 Å². The van der Waals surface area contributed by atoms with Crippen LogP contribution in [-0.4, -0.2) is 28.8 Å². The number of aryl methyl sites for hydroxylation is 1. The molecule has 0 aromatic carbocycles. The molecule has 0 saturated carbocycles. The third kappa shape index (κ3) is 3.61. The smallest absolute Gasteiger partial charge is 0.350 e. The zero-order chi connectivity index (χ0) is 14.4. The fraction of sp³-hybridized carbons (Fsp3) is 0.231. The minimum Gasteiger partial charge on any atom is -0.462 e. The van der Waals surface area contributed by atoms with Crippen LogP contribution >= 0.6 is 11.3 Å². The van der Waals surface area contributed by atoms with Gasteiger partial charge in [-0.25, -0.2) is 9.78 Å². The van der Waals surface area contributed by atoms with Crippen LogP contribution in [0.4, 0.5) is 5.13 Å². The average molecular weight is 290 g/mol. The van der Waals surface area contributed by atoms with E-state index in [1.54, 1.807) is 32.5 Å². The Labute approximate surface area is 120 Å². The second kappa shape index (κ2) is 6.76. The van der Waals surface area contributed by atoms with Crippen molar-refractivity contribution >= 4 is 28.7 Å². The number of carbonyl (C=O) groups excluding carboxylic acids is 1. The lowest BCUT2D eigenvalue weighted by atomic mass is 10.3. The maximum atomic E-state index is 11.6. The number of pyridine rings is 1. The maximum Gasteiger partial charge on any atom is 0.350 e. The van der Waals surface area contributed by atoms with E-state index in [9.17, 15) is 4.79 Å². The van der Waals surface area contributed by atoms with E-state index in [1.807, 2.05) is 12.1 Å². The Morgan fingerprint density at radius 3 is 3.15 bits per heavy atom. The Bertz CT molecular complexity index is 610. The SMILES string of the molecule is CCOC(=O)c1sc(NN=Cc2cccnc2)nc1C. The Morgan fingerprint density at radius 1 is 1.60 bits per heavy atom. The van der Waals surface area contributed by atoms with Crippen LogP contribution in [0.3, 0.4) is 0 Å². The van der Waals surface area contributed by atoms with Crippen LogP contribution < -0.4 is 5.43 Å². The topological polar surface area (TPSA) is 76.5 Å². The molecule has 104 valence electrons. The molecule has 0 aliphatic carbocycles. The maximum absolute atomic E-state index is 11.6. The highest BCUT2D eigenvalue weighted by atomic mass is 32.1. The van der Waals surface area contributed by atoms with Crippen molar-refractivity contribution in [2.75, 3.05) is 12.0 Å². The first kappa shape index (κ1) is 14.1. The number of nitrogens with zero attached hydrogens (tertiary/aromatic N) is 3. The zero-order valence-electron chi connectivity index (χ0n) is 11.2. The lowest BCUT2D eigenvalue weighted by Gasteiger charge is -1.97. The van der Waals surface area contributed by atoms with E-state index in [1.165, 1.54) is 11.3 Å². The van der Waals surface area contributed by atoms with Crippen molar-refractivity contribution < 1.29 is 9.53 Å². The van der Waals surface area contributed by atoms with E-state index in [4.69, 9.17) is 4.74 Å². The first-order valence-corrected chi connectivity index (χ1v) is 6.86. The molecule has 1 N–H and O–H groups in total. The summed E-state index contributed by atoms with van der Waals surface area (Å²) in [6.45, 7) is 3.88. The molecule has 2 aromatic rings. The summed E-state index contributed by atoms with van der Waals surface area (Å²) in [7, 11) is 0. The van der Waals surface area contributed by atoms with Crippen LogP contribution in [0.1, 0.15) is 27.9 Å². The molecule has 6 nitrogen and oxygen atoms in total. The number of rotatable bonds is 5. The summed E-state index contributed by atoms with van der Waals surface area (Å²) >= 11 is 1.22. The largest absolute Gasteiger partial charge is 0.462 e. The summed E-state index contributed by atoms with van der Waals surface area (Å²) in [5.74, 6) is -0.355. The fourth-order valence-corrected chi connectivity index (χ4v) is 2.25. The van der Waals surface area contributed by atoms with Crippen molar-refractivity contribution in [3.05, 3.63) is 40.7 Å². The monoisotopic (exact) mass is 290 g/mol. The molecule has 0 spiro atoms. The minimum atomic E-state index is -0.355. The molecule has 2 rings (SSSR count). The van der Waals surface area contributed by atoms with E-state index in [2.05, 4.69) is 20.5 Å².